The van der Waals surface area contributed by atoms with E-state index in [9.17, 15) is 4.79 Å². The Kier molecular flexibility index (Phi) is 5.47. The summed E-state index contributed by atoms with van der Waals surface area (Å²) in [7, 11) is 0. The predicted molar refractivity (Wildman–Crippen MR) is 93.3 cm³/mol. The number of hydrogen-bond donors (Lipinski definition) is 1. The van der Waals surface area contributed by atoms with Crippen LogP contribution < -0.4 is 5.32 Å². The zero-order valence-electron chi connectivity index (χ0n) is 14.1. The number of anilines is 1. The number of thiazole rings is 1. The molecule has 1 atom stereocenters. The SMILES string of the molecule is CCCc1csc(NC(=O)N2CCO[C@@H](c3cnn(CC)c3)C2)n1. The fourth-order valence-corrected chi connectivity index (χ4v) is 3.39. The quantitative estimate of drug-likeness (QED) is 0.901. The fraction of sp³-hybridized carbons (Fsp3) is 0.562. The van der Waals surface area contributed by atoms with Crippen LogP contribution in [0.3, 0.4) is 0 Å². The average Bonchev–Trinajstić information content (AvgIpc) is 3.25. The van der Waals surface area contributed by atoms with E-state index >= 15 is 0 Å². The van der Waals surface area contributed by atoms with Crippen LogP contribution >= 0.6 is 11.3 Å². The number of carbonyl (C=O) groups excluding carboxylic acids is 1. The molecule has 3 rings (SSSR count). The van der Waals surface area contributed by atoms with Crippen LogP contribution in [0.4, 0.5) is 9.93 Å². The topological polar surface area (TPSA) is 72.3 Å². The van der Waals surface area contributed by atoms with Gasteiger partial charge in [-0.15, -0.1) is 11.3 Å². The summed E-state index contributed by atoms with van der Waals surface area (Å²) >= 11 is 1.47. The normalized spacial score (nSPS) is 17.9. The van der Waals surface area contributed by atoms with E-state index in [0.717, 1.165) is 30.6 Å². The van der Waals surface area contributed by atoms with Gasteiger partial charge in [-0.05, 0) is 13.3 Å². The molecule has 2 aromatic heterocycles. The number of nitrogens with zero attached hydrogens (tertiary/aromatic N) is 4. The molecule has 0 unspecified atom stereocenters. The van der Waals surface area contributed by atoms with E-state index in [4.69, 9.17) is 4.74 Å². The summed E-state index contributed by atoms with van der Waals surface area (Å²) in [6.07, 6.45) is 5.65. The summed E-state index contributed by atoms with van der Waals surface area (Å²) in [5, 5.41) is 9.83. The van der Waals surface area contributed by atoms with Crippen molar-refractivity contribution in [2.24, 2.45) is 0 Å². The molecule has 1 aliphatic heterocycles. The van der Waals surface area contributed by atoms with Crippen LogP contribution in [0.1, 0.15) is 37.6 Å². The Bertz CT molecular complexity index is 684. The second-order valence-corrected chi connectivity index (χ2v) is 6.62. The summed E-state index contributed by atoms with van der Waals surface area (Å²) in [4.78, 5) is 18.7. The molecule has 0 aromatic carbocycles. The van der Waals surface area contributed by atoms with Gasteiger partial charge in [0.1, 0.15) is 6.10 Å². The van der Waals surface area contributed by atoms with Crippen LogP contribution in [-0.2, 0) is 17.7 Å². The number of rotatable bonds is 5. The van der Waals surface area contributed by atoms with Gasteiger partial charge in [-0.3, -0.25) is 10.00 Å². The Hall–Kier alpha value is -1.93. The second-order valence-electron chi connectivity index (χ2n) is 5.76. The molecule has 1 saturated heterocycles. The number of amides is 2. The first-order valence-electron chi connectivity index (χ1n) is 8.33. The number of nitrogens with one attached hydrogen (secondary N) is 1. The highest BCUT2D eigenvalue weighted by atomic mass is 32.1. The fourth-order valence-electron chi connectivity index (χ4n) is 2.66. The summed E-state index contributed by atoms with van der Waals surface area (Å²) < 4.78 is 7.66. The van der Waals surface area contributed by atoms with Crippen molar-refractivity contribution >= 4 is 22.5 Å². The number of carbonyl (C=O) groups is 1. The predicted octanol–water partition coefficient (Wildman–Crippen LogP) is 2.92. The molecule has 8 heteroatoms. The number of hydrogen-bond acceptors (Lipinski definition) is 5. The minimum atomic E-state index is -0.128. The Labute approximate surface area is 145 Å². The molecule has 0 saturated carbocycles. The Morgan fingerprint density at radius 1 is 1.50 bits per heavy atom. The third kappa shape index (κ3) is 3.93. The number of morpholine rings is 1. The molecular weight excluding hydrogens is 326 g/mol. The molecular formula is C16H23N5O2S. The van der Waals surface area contributed by atoms with Crippen molar-refractivity contribution in [3.63, 3.8) is 0 Å². The van der Waals surface area contributed by atoms with E-state index in [1.54, 1.807) is 4.90 Å². The first-order chi connectivity index (χ1) is 11.7. The molecule has 1 fully saturated rings. The van der Waals surface area contributed by atoms with Crippen molar-refractivity contribution in [2.45, 2.75) is 39.3 Å². The average molecular weight is 349 g/mol. The first kappa shape index (κ1) is 16.9. The molecule has 7 nitrogen and oxygen atoms in total. The number of aryl methyl sites for hydroxylation is 2. The molecule has 1 N–H and O–H groups in total. The lowest BCUT2D eigenvalue weighted by atomic mass is 10.1. The van der Waals surface area contributed by atoms with E-state index in [-0.39, 0.29) is 12.1 Å². The van der Waals surface area contributed by atoms with Gasteiger partial charge < -0.3 is 9.64 Å². The molecule has 2 aromatic rings. The monoisotopic (exact) mass is 349 g/mol. The molecule has 0 bridgehead atoms. The van der Waals surface area contributed by atoms with Gasteiger partial charge in [-0.2, -0.15) is 5.10 Å². The van der Waals surface area contributed by atoms with Gasteiger partial charge >= 0.3 is 6.03 Å². The third-order valence-electron chi connectivity index (χ3n) is 3.97. The largest absolute Gasteiger partial charge is 0.370 e. The van der Waals surface area contributed by atoms with Crippen molar-refractivity contribution in [1.29, 1.82) is 0 Å². The summed E-state index contributed by atoms with van der Waals surface area (Å²) in [5.41, 5.74) is 2.04. The van der Waals surface area contributed by atoms with Gasteiger partial charge in [0.15, 0.2) is 5.13 Å². The van der Waals surface area contributed by atoms with Crippen molar-refractivity contribution in [2.75, 3.05) is 25.0 Å². The van der Waals surface area contributed by atoms with Crippen molar-refractivity contribution < 1.29 is 9.53 Å². The van der Waals surface area contributed by atoms with Crippen LogP contribution in [-0.4, -0.2) is 45.4 Å². The second kappa shape index (κ2) is 7.76. The van der Waals surface area contributed by atoms with Crippen LogP contribution in [0.25, 0.3) is 0 Å². The zero-order valence-corrected chi connectivity index (χ0v) is 14.9. The molecule has 130 valence electrons. The maximum absolute atomic E-state index is 12.5. The highest BCUT2D eigenvalue weighted by Crippen LogP contribution is 2.23. The van der Waals surface area contributed by atoms with Gasteiger partial charge in [-0.1, -0.05) is 13.3 Å². The Morgan fingerprint density at radius 2 is 2.38 bits per heavy atom. The smallest absolute Gasteiger partial charge is 0.323 e. The lowest BCUT2D eigenvalue weighted by Gasteiger charge is -2.32. The van der Waals surface area contributed by atoms with Crippen molar-refractivity contribution in [3.8, 4) is 0 Å². The van der Waals surface area contributed by atoms with Gasteiger partial charge in [0, 0.05) is 30.2 Å². The number of urea groups is 1. The minimum absolute atomic E-state index is 0.122. The molecule has 3 heterocycles. The lowest BCUT2D eigenvalue weighted by molar-refractivity contribution is -0.0135. The molecule has 0 spiro atoms. The Balaban J connectivity index is 1.59. The Morgan fingerprint density at radius 3 is 3.12 bits per heavy atom. The highest BCUT2D eigenvalue weighted by Gasteiger charge is 2.26. The number of aromatic nitrogens is 3. The molecule has 0 radical (unpaired) electrons. The van der Waals surface area contributed by atoms with Crippen LogP contribution in [0.5, 0.6) is 0 Å². The van der Waals surface area contributed by atoms with Gasteiger partial charge in [0.25, 0.3) is 0 Å². The molecule has 2 amide bonds. The van der Waals surface area contributed by atoms with E-state index in [1.165, 1.54) is 11.3 Å². The highest BCUT2D eigenvalue weighted by molar-refractivity contribution is 7.13. The van der Waals surface area contributed by atoms with E-state index in [0.29, 0.717) is 24.8 Å². The molecule has 0 aliphatic carbocycles. The standard InChI is InChI=1S/C16H23N5O2S/c1-3-5-13-11-24-15(18-13)19-16(22)20-6-7-23-14(10-20)12-8-17-21(4-2)9-12/h8-9,11,14H,3-7,10H2,1-2H3,(H,18,19,22)/t14-/m1/s1. The van der Waals surface area contributed by atoms with E-state index in [2.05, 4.69) is 22.3 Å². The summed E-state index contributed by atoms with van der Waals surface area (Å²) in [6, 6.07) is -0.122. The van der Waals surface area contributed by atoms with Crippen LogP contribution in [0.2, 0.25) is 0 Å². The summed E-state index contributed by atoms with van der Waals surface area (Å²) in [5.74, 6) is 0. The van der Waals surface area contributed by atoms with Crippen molar-refractivity contribution in [1.82, 2.24) is 19.7 Å². The summed E-state index contributed by atoms with van der Waals surface area (Å²) in [6.45, 7) is 6.60. The van der Waals surface area contributed by atoms with Crippen LogP contribution in [0, 0.1) is 0 Å². The van der Waals surface area contributed by atoms with Crippen LogP contribution in [0.15, 0.2) is 17.8 Å². The first-order valence-corrected chi connectivity index (χ1v) is 9.21. The van der Waals surface area contributed by atoms with Gasteiger partial charge in [0.05, 0.1) is 25.0 Å². The van der Waals surface area contributed by atoms with Crippen molar-refractivity contribution in [3.05, 3.63) is 29.0 Å². The van der Waals surface area contributed by atoms with Gasteiger partial charge in [-0.25, -0.2) is 9.78 Å². The van der Waals surface area contributed by atoms with Gasteiger partial charge in [0.2, 0.25) is 0 Å². The maximum Gasteiger partial charge on any atom is 0.323 e. The molecule has 1 aliphatic rings. The maximum atomic E-state index is 12.5. The zero-order chi connectivity index (χ0) is 16.9. The van der Waals surface area contributed by atoms with E-state index < -0.39 is 0 Å². The molecule has 24 heavy (non-hydrogen) atoms. The van der Waals surface area contributed by atoms with E-state index in [1.807, 2.05) is 29.4 Å². The lowest BCUT2D eigenvalue weighted by Crippen LogP contribution is -2.44. The third-order valence-corrected chi connectivity index (χ3v) is 4.78. The number of ether oxygens (including phenoxy) is 1. The minimum Gasteiger partial charge on any atom is -0.370 e.